The van der Waals surface area contributed by atoms with Gasteiger partial charge in [0.25, 0.3) is 0 Å². The summed E-state index contributed by atoms with van der Waals surface area (Å²) in [6.07, 6.45) is 4.37. The quantitative estimate of drug-likeness (QED) is 0.566. The van der Waals surface area contributed by atoms with Crippen molar-refractivity contribution in [1.82, 2.24) is 0 Å². The van der Waals surface area contributed by atoms with Gasteiger partial charge < -0.3 is 4.48 Å². The van der Waals surface area contributed by atoms with Gasteiger partial charge >= 0.3 is 0 Å². The molecular formula is C13H26N+. The Balaban J connectivity index is 2.37. The molecular weight excluding hydrogens is 170 g/mol. The first kappa shape index (κ1) is 10.5. The number of nitrogens with zero attached hydrogens (tertiary/aromatic N) is 1. The van der Waals surface area contributed by atoms with E-state index in [-0.39, 0.29) is 0 Å². The molecule has 2 rings (SSSR count). The van der Waals surface area contributed by atoms with E-state index in [1.807, 2.05) is 0 Å². The molecule has 2 fully saturated rings. The van der Waals surface area contributed by atoms with Gasteiger partial charge in [-0.25, -0.2) is 0 Å². The number of fused-ring (bicyclic) bond motifs is 2. The lowest BCUT2D eigenvalue weighted by Crippen LogP contribution is -2.53. The number of rotatable bonds is 1. The molecule has 0 heterocycles. The molecule has 2 saturated carbocycles. The second kappa shape index (κ2) is 2.55. The fourth-order valence-electron chi connectivity index (χ4n) is 4.33. The molecule has 0 aliphatic heterocycles. The largest absolute Gasteiger partial charge is 0.328 e. The van der Waals surface area contributed by atoms with Crippen molar-refractivity contribution >= 4 is 0 Å². The molecule has 0 aromatic heterocycles. The first-order valence-electron chi connectivity index (χ1n) is 6.01. The van der Waals surface area contributed by atoms with Gasteiger partial charge in [-0.2, -0.15) is 0 Å². The molecule has 3 atom stereocenters. The van der Waals surface area contributed by atoms with E-state index < -0.39 is 0 Å². The third-order valence-corrected chi connectivity index (χ3v) is 5.68. The van der Waals surface area contributed by atoms with Crippen molar-refractivity contribution in [1.29, 1.82) is 0 Å². The fourth-order valence-corrected chi connectivity index (χ4v) is 4.33. The van der Waals surface area contributed by atoms with Crippen LogP contribution in [0.2, 0.25) is 0 Å². The van der Waals surface area contributed by atoms with Crippen LogP contribution in [-0.4, -0.2) is 31.7 Å². The van der Waals surface area contributed by atoms with Crippen LogP contribution >= 0.6 is 0 Å². The third kappa shape index (κ3) is 1.05. The summed E-state index contributed by atoms with van der Waals surface area (Å²) in [5.74, 6) is 0.981. The van der Waals surface area contributed by atoms with Gasteiger partial charge in [-0.3, -0.25) is 0 Å². The Morgan fingerprint density at radius 2 is 1.64 bits per heavy atom. The molecule has 0 aromatic rings. The fraction of sp³-hybridized carbons (Fsp3) is 1.00. The van der Waals surface area contributed by atoms with E-state index in [4.69, 9.17) is 0 Å². The first-order valence-corrected chi connectivity index (χ1v) is 6.01. The van der Waals surface area contributed by atoms with Crippen molar-refractivity contribution in [3.8, 4) is 0 Å². The van der Waals surface area contributed by atoms with E-state index in [0.717, 1.165) is 16.4 Å². The summed E-state index contributed by atoms with van der Waals surface area (Å²) < 4.78 is 1.15. The molecule has 0 spiro atoms. The Labute approximate surface area is 89.1 Å². The molecule has 82 valence electrons. The number of quaternary nitrogens is 1. The summed E-state index contributed by atoms with van der Waals surface area (Å²) in [5.41, 5.74) is 1.15. The number of hydrogen-bond acceptors (Lipinski definition) is 0. The van der Waals surface area contributed by atoms with Gasteiger partial charge in [0, 0.05) is 11.8 Å². The third-order valence-electron chi connectivity index (χ3n) is 5.68. The molecule has 2 aliphatic carbocycles. The molecule has 0 radical (unpaired) electrons. The lowest BCUT2D eigenvalue weighted by molar-refractivity contribution is -0.903. The monoisotopic (exact) mass is 196 g/mol. The van der Waals surface area contributed by atoms with Crippen molar-refractivity contribution < 1.29 is 4.48 Å². The lowest BCUT2D eigenvalue weighted by Gasteiger charge is -2.45. The highest BCUT2D eigenvalue weighted by Crippen LogP contribution is 2.66. The van der Waals surface area contributed by atoms with E-state index in [9.17, 15) is 0 Å². The van der Waals surface area contributed by atoms with Crippen LogP contribution in [0.3, 0.4) is 0 Å². The second-order valence-electron chi connectivity index (χ2n) is 7.24. The van der Waals surface area contributed by atoms with Crippen molar-refractivity contribution in [3.63, 3.8) is 0 Å². The zero-order chi connectivity index (χ0) is 10.8. The van der Waals surface area contributed by atoms with Crippen LogP contribution < -0.4 is 0 Å². The van der Waals surface area contributed by atoms with Crippen LogP contribution in [0.1, 0.15) is 40.0 Å². The second-order valence-corrected chi connectivity index (χ2v) is 7.24. The van der Waals surface area contributed by atoms with Gasteiger partial charge in [-0.15, -0.1) is 0 Å². The van der Waals surface area contributed by atoms with Crippen molar-refractivity contribution in [2.24, 2.45) is 16.7 Å². The van der Waals surface area contributed by atoms with Gasteiger partial charge in [-0.1, -0.05) is 20.8 Å². The Hall–Kier alpha value is -0.0400. The molecule has 0 saturated heterocycles. The van der Waals surface area contributed by atoms with Crippen LogP contribution in [-0.2, 0) is 0 Å². The standard InChI is InChI=1S/C13H26N/c1-12(2)10-7-8-13(12,3)11(9-10)14(4,5)6/h10-11H,7-9H2,1-6H3/q+1/t10?,11-,13+/m0/s1. The molecule has 0 N–H and O–H groups in total. The van der Waals surface area contributed by atoms with Gasteiger partial charge in [0.2, 0.25) is 0 Å². The molecule has 0 amide bonds. The van der Waals surface area contributed by atoms with Crippen LogP contribution in [0.5, 0.6) is 0 Å². The van der Waals surface area contributed by atoms with E-state index in [1.54, 1.807) is 0 Å². The molecule has 0 aromatic carbocycles. The molecule has 2 bridgehead atoms. The molecule has 1 unspecified atom stereocenters. The Morgan fingerprint density at radius 1 is 1.07 bits per heavy atom. The first-order chi connectivity index (χ1) is 6.19. The smallest absolute Gasteiger partial charge is 0.0946 e. The highest BCUT2D eigenvalue weighted by atomic mass is 15.3. The van der Waals surface area contributed by atoms with Crippen LogP contribution in [0.25, 0.3) is 0 Å². The van der Waals surface area contributed by atoms with E-state index >= 15 is 0 Å². The maximum absolute atomic E-state index is 2.54. The SMILES string of the molecule is CC1(C)C2CC[C@]1(C)[C@@H]([N+](C)(C)C)C2. The summed E-state index contributed by atoms with van der Waals surface area (Å²) in [4.78, 5) is 0. The summed E-state index contributed by atoms with van der Waals surface area (Å²) in [5, 5.41) is 0. The van der Waals surface area contributed by atoms with Gasteiger partial charge in [-0.05, 0) is 24.2 Å². The zero-order valence-corrected chi connectivity index (χ0v) is 10.7. The van der Waals surface area contributed by atoms with Gasteiger partial charge in [0.15, 0.2) is 0 Å². The maximum Gasteiger partial charge on any atom is 0.0946 e. The molecule has 14 heavy (non-hydrogen) atoms. The Bertz CT molecular complexity index is 248. The molecule has 1 heteroatoms. The van der Waals surface area contributed by atoms with E-state index in [2.05, 4.69) is 41.9 Å². The van der Waals surface area contributed by atoms with Crippen LogP contribution in [0.4, 0.5) is 0 Å². The highest BCUT2D eigenvalue weighted by molar-refractivity contribution is 5.10. The minimum atomic E-state index is 0.573. The summed E-state index contributed by atoms with van der Waals surface area (Å²) in [6.45, 7) is 7.54. The zero-order valence-electron chi connectivity index (χ0n) is 10.7. The van der Waals surface area contributed by atoms with Crippen molar-refractivity contribution in [2.75, 3.05) is 21.1 Å². The Kier molecular flexibility index (Phi) is 1.91. The Morgan fingerprint density at radius 3 is 1.86 bits per heavy atom. The van der Waals surface area contributed by atoms with Gasteiger partial charge in [0.05, 0.1) is 27.2 Å². The van der Waals surface area contributed by atoms with Gasteiger partial charge in [0.1, 0.15) is 0 Å². The average molecular weight is 196 g/mol. The minimum absolute atomic E-state index is 0.573. The topological polar surface area (TPSA) is 0 Å². The summed E-state index contributed by atoms with van der Waals surface area (Å²) >= 11 is 0. The van der Waals surface area contributed by atoms with E-state index in [1.165, 1.54) is 19.3 Å². The van der Waals surface area contributed by atoms with Crippen LogP contribution in [0.15, 0.2) is 0 Å². The minimum Gasteiger partial charge on any atom is -0.328 e. The van der Waals surface area contributed by atoms with Crippen molar-refractivity contribution in [2.45, 2.75) is 46.1 Å². The summed E-state index contributed by atoms with van der Waals surface area (Å²) in [7, 11) is 7.10. The average Bonchev–Trinajstić information content (AvgIpc) is 2.32. The molecule has 1 nitrogen and oxygen atoms in total. The maximum atomic E-state index is 2.54. The predicted octanol–water partition coefficient (Wildman–Crippen LogP) is 2.91. The lowest BCUT2D eigenvalue weighted by atomic mass is 9.68. The summed E-state index contributed by atoms with van der Waals surface area (Å²) in [6, 6.07) is 0.872. The van der Waals surface area contributed by atoms with E-state index in [0.29, 0.717) is 10.8 Å². The highest BCUT2D eigenvalue weighted by Gasteiger charge is 2.65. The van der Waals surface area contributed by atoms with Crippen molar-refractivity contribution in [3.05, 3.63) is 0 Å². The normalized spacial score (nSPS) is 45.9. The number of hydrogen-bond donors (Lipinski definition) is 0. The predicted molar refractivity (Wildman–Crippen MR) is 61.0 cm³/mol. The molecule has 2 aliphatic rings. The van der Waals surface area contributed by atoms with Crippen LogP contribution in [0, 0.1) is 16.7 Å².